The zero-order chi connectivity index (χ0) is 12.6. The molecule has 2 aliphatic rings. The third-order valence-electron chi connectivity index (χ3n) is 4.23. The normalized spacial score (nSPS) is 24.7. The number of nitrogens with zero attached hydrogens (tertiary/aromatic N) is 1. The minimum absolute atomic E-state index is 0.0670. The Kier molecular flexibility index (Phi) is 3.38. The van der Waals surface area contributed by atoms with Crippen LogP contribution in [0, 0.1) is 23.7 Å². The topological polar surface area (TPSA) is 69.6 Å². The molecule has 2 fully saturated rings. The lowest BCUT2D eigenvalue weighted by Gasteiger charge is -2.44. The fraction of sp³-hybridized carbons (Fsp3) is 0.833. The number of hydrogen-bond donors (Lipinski definition) is 2. The third kappa shape index (κ3) is 2.29. The number of carbonyl (C=O) groups excluding carboxylic acids is 1. The highest BCUT2D eigenvalue weighted by atomic mass is 16.4. The standard InChI is InChI=1S/C12H20N2O3/c1-7(9-3-13-4-9)11(15)14-5-10(6-14)8(2)12(16)17/h7-10,13H,3-6H2,1-2H3,(H,16,17). The van der Waals surface area contributed by atoms with Gasteiger partial charge in [-0.2, -0.15) is 0 Å². The molecule has 2 heterocycles. The van der Waals surface area contributed by atoms with E-state index < -0.39 is 5.97 Å². The summed E-state index contributed by atoms with van der Waals surface area (Å²) in [6.07, 6.45) is 0. The summed E-state index contributed by atoms with van der Waals surface area (Å²) >= 11 is 0. The van der Waals surface area contributed by atoms with E-state index in [1.807, 2.05) is 6.92 Å². The van der Waals surface area contributed by atoms with Gasteiger partial charge in [-0.25, -0.2) is 0 Å². The number of rotatable bonds is 4. The minimum atomic E-state index is -0.765. The molecule has 2 N–H and O–H groups in total. The molecule has 2 saturated heterocycles. The van der Waals surface area contributed by atoms with Gasteiger partial charge < -0.3 is 15.3 Å². The lowest BCUT2D eigenvalue weighted by Crippen LogP contribution is -2.58. The Balaban J connectivity index is 1.78. The molecule has 2 rings (SSSR count). The second-order valence-electron chi connectivity index (χ2n) is 5.34. The van der Waals surface area contributed by atoms with Gasteiger partial charge in [0.05, 0.1) is 5.92 Å². The van der Waals surface area contributed by atoms with Crippen molar-refractivity contribution in [2.75, 3.05) is 26.2 Å². The van der Waals surface area contributed by atoms with E-state index in [1.54, 1.807) is 11.8 Å². The molecule has 0 aromatic carbocycles. The fourth-order valence-electron chi connectivity index (χ4n) is 2.36. The first-order valence-corrected chi connectivity index (χ1v) is 6.23. The Morgan fingerprint density at radius 3 is 2.18 bits per heavy atom. The van der Waals surface area contributed by atoms with Crippen molar-refractivity contribution in [1.82, 2.24) is 10.2 Å². The van der Waals surface area contributed by atoms with Crippen molar-refractivity contribution in [3.8, 4) is 0 Å². The molecule has 1 amide bonds. The first-order chi connectivity index (χ1) is 8.00. The van der Waals surface area contributed by atoms with Gasteiger partial charge in [0.25, 0.3) is 0 Å². The maximum absolute atomic E-state index is 12.0. The molecule has 0 spiro atoms. The molecule has 96 valence electrons. The van der Waals surface area contributed by atoms with Crippen LogP contribution in [0.5, 0.6) is 0 Å². The van der Waals surface area contributed by atoms with E-state index in [2.05, 4.69) is 5.32 Å². The predicted octanol–water partition coefficient (Wildman–Crippen LogP) is 0.0210. The Bertz CT molecular complexity index is 322. The van der Waals surface area contributed by atoms with Gasteiger partial charge in [0.15, 0.2) is 0 Å². The van der Waals surface area contributed by atoms with Crippen molar-refractivity contribution < 1.29 is 14.7 Å². The molecule has 0 saturated carbocycles. The molecular weight excluding hydrogens is 220 g/mol. The number of aliphatic carboxylic acids is 1. The quantitative estimate of drug-likeness (QED) is 0.727. The van der Waals surface area contributed by atoms with E-state index in [0.717, 1.165) is 13.1 Å². The van der Waals surface area contributed by atoms with Crippen LogP contribution in [0.4, 0.5) is 0 Å². The number of nitrogens with one attached hydrogen (secondary N) is 1. The Labute approximate surface area is 101 Å². The largest absolute Gasteiger partial charge is 0.481 e. The van der Waals surface area contributed by atoms with Crippen molar-refractivity contribution in [3.63, 3.8) is 0 Å². The molecule has 0 aromatic heterocycles. The molecule has 0 aromatic rings. The van der Waals surface area contributed by atoms with Crippen molar-refractivity contribution in [2.24, 2.45) is 23.7 Å². The average Bonchev–Trinajstić information content (AvgIpc) is 2.11. The number of hydrogen-bond acceptors (Lipinski definition) is 3. The van der Waals surface area contributed by atoms with Gasteiger partial charge in [0.1, 0.15) is 0 Å². The van der Waals surface area contributed by atoms with Crippen LogP contribution in [-0.4, -0.2) is 48.1 Å². The lowest BCUT2D eigenvalue weighted by atomic mass is 9.83. The van der Waals surface area contributed by atoms with Crippen LogP contribution in [0.15, 0.2) is 0 Å². The van der Waals surface area contributed by atoms with Crippen molar-refractivity contribution in [2.45, 2.75) is 13.8 Å². The number of amides is 1. The van der Waals surface area contributed by atoms with Crippen LogP contribution < -0.4 is 5.32 Å². The van der Waals surface area contributed by atoms with Crippen LogP contribution in [0.25, 0.3) is 0 Å². The average molecular weight is 240 g/mol. The summed E-state index contributed by atoms with van der Waals surface area (Å²) in [4.78, 5) is 24.6. The maximum Gasteiger partial charge on any atom is 0.306 e. The summed E-state index contributed by atoms with van der Waals surface area (Å²) in [7, 11) is 0. The molecule has 0 aliphatic carbocycles. The zero-order valence-electron chi connectivity index (χ0n) is 10.3. The summed E-state index contributed by atoms with van der Waals surface area (Å²) in [5.74, 6) is -0.276. The highest BCUT2D eigenvalue weighted by Gasteiger charge is 2.40. The number of carboxylic acid groups (broad SMARTS) is 1. The van der Waals surface area contributed by atoms with Gasteiger partial charge in [-0.1, -0.05) is 13.8 Å². The van der Waals surface area contributed by atoms with Gasteiger partial charge in [-0.3, -0.25) is 9.59 Å². The second-order valence-corrected chi connectivity index (χ2v) is 5.34. The molecular formula is C12H20N2O3. The number of carbonyl (C=O) groups is 2. The Morgan fingerprint density at radius 2 is 1.76 bits per heavy atom. The summed E-state index contributed by atoms with van der Waals surface area (Å²) in [6.45, 7) is 6.76. The van der Waals surface area contributed by atoms with Crippen LogP contribution in [0.1, 0.15) is 13.8 Å². The van der Waals surface area contributed by atoms with E-state index in [0.29, 0.717) is 19.0 Å². The Morgan fingerprint density at radius 1 is 1.18 bits per heavy atom. The van der Waals surface area contributed by atoms with Gasteiger partial charge in [-0.15, -0.1) is 0 Å². The molecule has 5 heteroatoms. The van der Waals surface area contributed by atoms with Gasteiger partial charge >= 0.3 is 5.97 Å². The molecule has 5 nitrogen and oxygen atoms in total. The first kappa shape index (κ1) is 12.4. The lowest BCUT2D eigenvalue weighted by molar-refractivity contribution is -0.153. The number of likely N-dealkylation sites (tertiary alicyclic amines) is 1. The highest BCUT2D eigenvalue weighted by Crippen LogP contribution is 2.27. The van der Waals surface area contributed by atoms with Crippen molar-refractivity contribution in [3.05, 3.63) is 0 Å². The SMILES string of the molecule is CC(C(=O)O)C1CN(C(=O)C(C)C2CNC2)C1. The maximum atomic E-state index is 12.0. The van der Waals surface area contributed by atoms with Crippen LogP contribution in [0.3, 0.4) is 0 Å². The molecule has 2 unspecified atom stereocenters. The molecule has 2 atom stereocenters. The van der Waals surface area contributed by atoms with E-state index >= 15 is 0 Å². The van der Waals surface area contributed by atoms with E-state index in [-0.39, 0.29) is 23.7 Å². The van der Waals surface area contributed by atoms with Crippen LogP contribution in [-0.2, 0) is 9.59 Å². The molecule has 2 aliphatic heterocycles. The van der Waals surface area contributed by atoms with Gasteiger partial charge in [-0.05, 0) is 19.0 Å². The summed E-state index contributed by atoms with van der Waals surface area (Å²) < 4.78 is 0. The molecule has 0 bridgehead atoms. The Hall–Kier alpha value is -1.10. The van der Waals surface area contributed by atoms with E-state index in [1.165, 1.54) is 0 Å². The van der Waals surface area contributed by atoms with Gasteiger partial charge in [0.2, 0.25) is 5.91 Å². The molecule has 0 radical (unpaired) electrons. The third-order valence-corrected chi connectivity index (χ3v) is 4.23. The summed E-state index contributed by atoms with van der Waals surface area (Å²) in [5, 5.41) is 12.0. The molecule has 17 heavy (non-hydrogen) atoms. The second kappa shape index (κ2) is 4.64. The minimum Gasteiger partial charge on any atom is -0.481 e. The van der Waals surface area contributed by atoms with E-state index in [9.17, 15) is 9.59 Å². The predicted molar refractivity (Wildman–Crippen MR) is 62.4 cm³/mol. The summed E-state index contributed by atoms with van der Waals surface area (Å²) in [5.41, 5.74) is 0. The fourth-order valence-corrected chi connectivity index (χ4v) is 2.36. The highest BCUT2D eigenvalue weighted by molar-refractivity contribution is 5.80. The van der Waals surface area contributed by atoms with Crippen molar-refractivity contribution in [1.29, 1.82) is 0 Å². The smallest absolute Gasteiger partial charge is 0.306 e. The monoisotopic (exact) mass is 240 g/mol. The number of carboxylic acids is 1. The van der Waals surface area contributed by atoms with E-state index in [4.69, 9.17) is 5.11 Å². The zero-order valence-corrected chi connectivity index (χ0v) is 10.3. The van der Waals surface area contributed by atoms with Crippen LogP contribution >= 0.6 is 0 Å². The first-order valence-electron chi connectivity index (χ1n) is 6.23. The van der Waals surface area contributed by atoms with Crippen LogP contribution in [0.2, 0.25) is 0 Å². The van der Waals surface area contributed by atoms with Gasteiger partial charge in [0, 0.05) is 24.9 Å². The summed E-state index contributed by atoms with van der Waals surface area (Å²) in [6, 6.07) is 0. The van der Waals surface area contributed by atoms with Crippen molar-refractivity contribution >= 4 is 11.9 Å².